The minimum atomic E-state index is -1.10. The van der Waals surface area contributed by atoms with Crippen LogP contribution < -0.4 is 0 Å². The quantitative estimate of drug-likeness (QED) is 0.639. The van der Waals surface area contributed by atoms with E-state index in [1.54, 1.807) is 13.1 Å². The molecule has 0 fully saturated rings. The van der Waals surface area contributed by atoms with Gasteiger partial charge in [-0.05, 0) is 27.0 Å². The van der Waals surface area contributed by atoms with Crippen LogP contribution in [0.5, 0.6) is 0 Å². The summed E-state index contributed by atoms with van der Waals surface area (Å²) in [6.45, 7) is 1.64. The molecule has 1 unspecified atom stereocenters. The highest BCUT2D eigenvalue weighted by Crippen LogP contribution is 2.22. The Hall–Kier alpha value is 0.230. The Kier molecular flexibility index (Phi) is 3.83. The maximum atomic E-state index is 9.76. The lowest BCUT2D eigenvalue weighted by Gasteiger charge is -2.11. The number of rotatable bonds is 1. The summed E-state index contributed by atoms with van der Waals surface area (Å²) in [6.07, 6.45) is 1.66. The maximum absolute atomic E-state index is 9.76. The third kappa shape index (κ3) is 2.62. The summed E-state index contributed by atoms with van der Waals surface area (Å²) in [6, 6.07) is 0. The maximum Gasteiger partial charge on any atom is 0.175 e. The molecule has 0 bridgehead atoms. The third-order valence-corrected chi connectivity index (χ3v) is 3.01. The van der Waals surface area contributed by atoms with Crippen LogP contribution in [-0.4, -0.2) is 10.1 Å². The van der Waals surface area contributed by atoms with E-state index >= 15 is 0 Å². The molecule has 5 heteroatoms. The Bertz CT molecular complexity index is 299. The van der Waals surface area contributed by atoms with E-state index in [-0.39, 0.29) is 0 Å². The molecule has 1 N–H and O–H groups in total. The van der Waals surface area contributed by atoms with Gasteiger partial charge in [0.1, 0.15) is 5.01 Å². The summed E-state index contributed by atoms with van der Waals surface area (Å²) >= 11 is 3.47. The zero-order valence-corrected chi connectivity index (χ0v) is 10.0. The van der Waals surface area contributed by atoms with Crippen molar-refractivity contribution in [2.45, 2.75) is 12.5 Å². The van der Waals surface area contributed by atoms with E-state index in [1.807, 2.05) is 5.38 Å². The molecule has 0 spiro atoms. The van der Waals surface area contributed by atoms with Crippen LogP contribution >= 0.6 is 41.5 Å². The topological polar surface area (TPSA) is 33.1 Å². The van der Waals surface area contributed by atoms with Crippen LogP contribution in [0.25, 0.3) is 0 Å². The van der Waals surface area contributed by atoms with Crippen LogP contribution in [0.3, 0.4) is 0 Å². The highest BCUT2D eigenvalue weighted by Gasteiger charge is 2.22. The molecule has 0 radical (unpaired) electrons. The second-order valence-corrected chi connectivity index (χ2v) is 4.79. The molecule has 1 heterocycles. The Labute approximate surface area is 91.4 Å². The van der Waals surface area contributed by atoms with Gasteiger partial charge in [-0.2, -0.15) is 0 Å². The number of hydrogen-bond donors (Lipinski definition) is 1. The first kappa shape index (κ1) is 10.3. The molecule has 1 aromatic heterocycles. The van der Waals surface area contributed by atoms with Gasteiger partial charge in [0.05, 0.1) is 0 Å². The molecule has 1 rings (SSSR count). The Balaban J connectivity index is 2.86. The molecule has 1 atom stereocenters. The second-order valence-electron chi connectivity index (χ2n) is 2.21. The first-order valence-electron chi connectivity index (χ1n) is 3.09. The number of aromatic nitrogens is 1. The van der Waals surface area contributed by atoms with Crippen LogP contribution in [0.4, 0.5) is 0 Å². The van der Waals surface area contributed by atoms with Crippen molar-refractivity contribution in [3.63, 3.8) is 0 Å². The van der Waals surface area contributed by atoms with E-state index in [9.17, 15) is 5.11 Å². The summed E-state index contributed by atoms with van der Waals surface area (Å²) in [5, 5.41) is 15.0. The fourth-order valence-corrected chi connectivity index (χ4v) is 1.86. The molecule has 0 aliphatic carbocycles. The largest absolute Gasteiger partial charge is 0.371 e. The number of hydrogen-bond acceptors (Lipinski definition) is 4. The van der Waals surface area contributed by atoms with Crippen molar-refractivity contribution >= 4 is 41.5 Å². The van der Waals surface area contributed by atoms with Crippen LogP contribution in [0.2, 0.25) is 0 Å². The summed E-state index contributed by atoms with van der Waals surface area (Å²) < 4.78 is 0. The molecule has 1 aromatic rings. The standard InChI is InChI=1S/C7H6INOS2/c1-7(10,2-4-12-8)6-9-3-5-11-6/h3,5,10H,1H3. The summed E-state index contributed by atoms with van der Waals surface area (Å²) in [7, 11) is 1.35. The molecule has 0 aliphatic rings. The Morgan fingerprint density at radius 2 is 2.58 bits per heavy atom. The Morgan fingerprint density at radius 1 is 1.83 bits per heavy atom. The number of nitrogens with zero attached hydrogens (tertiary/aromatic N) is 1. The first-order chi connectivity index (χ1) is 5.67. The van der Waals surface area contributed by atoms with Gasteiger partial charge < -0.3 is 5.11 Å². The molecule has 0 saturated heterocycles. The average molecular weight is 311 g/mol. The lowest BCUT2D eigenvalue weighted by Crippen LogP contribution is -2.17. The minimum Gasteiger partial charge on any atom is -0.371 e. The SMILES string of the molecule is CC(O)(C#CSI)c1nccs1. The zero-order chi connectivity index (χ0) is 9.03. The van der Waals surface area contributed by atoms with Gasteiger partial charge in [-0.3, -0.25) is 0 Å². The molecule has 64 valence electrons. The lowest BCUT2D eigenvalue weighted by molar-refractivity contribution is 0.122. The number of aliphatic hydroxyl groups is 1. The zero-order valence-electron chi connectivity index (χ0n) is 6.24. The van der Waals surface area contributed by atoms with Gasteiger partial charge in [0.2, 0.25) is 0 Å². The van der Waals surface area contributed by atoms with Crippen molar-refractivity contribution in [3.8, 4) is 11.2 Å². The molecule has 0 aliphatic heterocycles. The normalized spacial score (nSPS) is 14.6. The molecule has 0 amide bonds. The smallest absolute Gasteiger partial charge is 0.175 e. The van der Waals surface area contributed by atoms with E-state index in [1.165, 1.54) is 20.3 Å². The van der Waals surface area contributed by atoms with E-state index in [0.29, 0.717) is 5.01 Å². The summed E-state index contributed by atoms with van der Waals surface area (Å²) in [4.78, 5) is 4.00. The minimum absolute atomic E-state index is 0.639. The molecule has 2 nitrogen and oxygen atoms in total. The predicted molar refractivity (Wildman–Crippen MR) is 61.1 cm³/mol. The van der Waals surface area contributed by atoms with E-state index < -0.39 is 5.60 Å². The van der Waals surface area contributed by atoms with Gasteiger partial charge >= 0.3 is 0 Å². The van der Waals surface area contributed by atoms with Crippen molar-refractivity contribution < 1.29 is 5.11 Å². The molecular formula is C7H6INOS2. The van der Waals surface area contributed by atoms with E-state index in [0.717, 1.165) is 0 Å². The predicted octanol–water partition coefficient (Wildman–Crippen LogP) is 2.39. The average Bonchev–Trinajstić information content (AvgIpc) is 2.53. The van der Waals surface area contributed by atoms with Crippen molar-refractivity contribution in [2.75, 3.05) is 0 Å². The molecule has 0 saturated carbocycles. The lowest BCUT2D eigenvalue weighted by atomic mass is 10.1. The van der Waals surface area contributed by atoms with Gasteiger partial charge in [-0.1, -0.05) is 0 Å². The fraction of sp³-hybridized carbons (Fsp3) is 0.286. The second kappa shape index (κ2) is 4.46. The summed E-state index contributed by atoms with van der Waals surface area (Å²) in [5.74, 6) is 2.72. The van der Waals surface area contributed by atoms with Crippen molar-refractivity contribution in [1.82, 2.24) is 4.98 Å². The van der Waals surface area contributed by atoms with E-state index in [2.05, 4.69) is 37.4 Å². The fourth-order valence-electron chi connectivity index (χ4n) is 0.636. The highest BCUT2D eigenvalue weighted by molar-refractivity contribution is 14.2. The van der Waals surface area contributed by atoms with Crippen LogP contribution in [0.15, 0.2) is 11.6 Å². The first-order valence-corrected chi connectivity index (χ1v) is 7.33. The van der Waals surface area contributed by atoms with Gasteiger partial charge in [0.15, 0.2) is 5.60 Å². The third-order valence-electron chi connectivity index (χ3n) is 1.18. The Morgan fingerprint density at radius 3 is 3.08 bits per heavy atom. The van der Waals surface area contributed by atoms with Crippen LogP contribution in [0, 0.1) is 11.2 Å². The summed E-state index contributed by atoms with van der Waals surface area (Å²) in [5.41, 5.74) is -1.10. The van der Waals surface area contributed by atoms with E-state index in [4.69, 9.17) is 0 Å². The molecule has 0 aromatic carbocycles. The van der Waals surface area contributed by atoms with Crippen LogP contribution in [0.1, 0.15) is 11.9 Å². The number of thiazole rings is 1. The number of halogens is 1. The van der Waals surface area contributed by atoms with Crippen LogP contribution in [-0.2, 0) is 5.60 Å². The highest BCUT2D eigenvalue weighted by atomic mass is 127. The van der Waals surface area contributed by atoms with Gasteiger partial charge in [-0.25, -0.2) is 4.98 Å². The monoisotopic (exact) mass is 311 g/mol. The molecule has 12 heavy (non-hydrogen) atoms. The van der Waals surface area contributed by atoms with Crippen molar-refractivity contribution in [2.24, 2.45) is 0 Å². The van der Waals surface area contributed by atoms with Crippen molar-refractivity contribution in [3.05, 3.63) is 16.6 Å². The van der Waals surface area contributed by atoms with Gasteiger partial charge in [0, 0.05) is 32.8 Å². The van der Waals surface area contributed by atoms with Crippen molar-refractivity contribution in [1.29, 1.82) is 0 Å². The molecular weight excluding hydrogens is 305 g/mol. The van der Waals surface area contributed by atoms with Gasteiger partial charge in [0.25, 0.3) is 0 Å². The van der Waals surface area contributed by atoms with Gasteiger partial charge in [-0.15, -0.1) is 11.3 Å².